The van der Waals surface area contributed by atoms with Crippen molar-refractivity contribution in [3.63, 3.8) is 0 Å². The largest absolute Gasteiger partial charge is 0.252 e. The Morgan fingerprint density at radius 2 is 1.95 bits per heavy atom. The van der Waals surface area contributed by atoms with E-state index in [2.05, 4.69) is 15.1 Å². The molecule has 1 aliphatic carbocycles. The average molecular weight is 271 g/mol. The smallest absolute Gasteiger partial charge is 0.219 e. The summed E-state index contributed by atoms with van der Waals surface area (Å²) in [6.45, 7) is 0. The second kappa shape index (κ2) is 4.03. The molecular weight excluding hydrogens is 260 g/mol. The lowest BCUT2D eigenvalue weighted by Crippen LogP contribution is -1.99. The van der Waals surface area contributed by atoms with Gasteiger partial charge in [0.15, 0.2) is 5.82 Å². The highest BCUT2D eigenvalue weighted by atomic mass is 35.5. The van der Waals surface area contributed by atoms with E-state index >= 15 is 0 Å². The summed E-state index contributed by atoms with van der Waals surface area (Å²) >= 11 is 5.90. The highest BCUT2D eigenvalue weighted by Crippen LogP contribution is 2.23. The zero-order valence-corrected chi connectivity index (χ0v) is 10.9. The molecule has 0 atom stereocenters. The lowest BCUT2D eigenvalue weighted by atomic mass is 10.2. The number of benzene rings is 1. The van der Waals surface area contributed by atoms with Gasteiger partial charge in [0.2, 0.25) is 0 Å². The molecule has 0 spiro atoms. The first-order chi connectivity index (χ1) is 9.31. The van der Waals surface area contributed by atoms with Crippen molar-refractivity contribution in [1.82, 2.24) is 19.6 Å². The first kappa shape index (κ1) is 10.9. The summed E-state index contributed by atoms with van der Waals surface area (Å²) < 4.78 is 1.88. The fourth-order valence-corrected chi connectivity index (χ4v) is 2.68. The summed E-state index contributed by atoms with van der Waals surface area (Å²) in [4.78, 5) is 8.87. The topological polar surface area (TPSA) is 43.1 Å². The van der Waals surface area contributed by atoms with Gasteiger partial charge in [0, 0.05) is 16.8 Å². The average Bonchev–Trinajstić information content (AvgIpc) is 3.04. The zero-order valence-electron chi connectivity index (χ0n) is 10.2. The molecule has 94 valence electrons. The number of nitrogens with zero attached hydrogens (tertiary/aromatic N) is 4. The molecule has 5 heteroatoms. The maximum atomic E-state index is 5.90. The molecule has 0 N–H and O–H groups in total. The van der Waals surface area contributed by atoms with Gasteiger partial charge in [-0.15, -0.1) is 5.10 Å². The second-order valence-electron chi connectivity index (χ2n) is 4.74. The summed E-state index contributed by atoms with van der Waals surface area (Å²) in [5.74, 6) is 1.37. The van der Waals surface area contributed by atoms with Crippen molar-refractivity contribution in [3.8, 4) is 11.4 Å². The Kier molecular flexibility index (Phi) is 2.32. The van der Waals surface area contributed by atoms with Crippen LogP contribution < -0.4 is 0 Å². The highest BCUT2D eigenvalue weighted by Gasteiger charge is 2.17. The van der Waals surface area contributed by atoms with Crippen molar-refractivity contribution in [2.45, 2.75) is 19.3 Å². The number of halogens is 1. The van der Waals surface area contributed by atoms with Crippen LogP contribution in [-0.4, -0.2) is 19.6 Å². The number of hydrogen-bond donors (Lipinski definition) is 0. The van der Waals surface area contributed by atoms with Crippen LogP contribution in [0.2, 0.25) is 5.02 Å². The summed E-state index contributed by atoms with van der Waals surface area (Å²) in [6, 6.07) is 7.55. The van der Waals surface area contributed by atoms with Crippen LogP contribution in [0.3, 0.4) is 0 Å². The van der Waals surface area contributed by atoms with Gasteiger partial charge in [0.05, 0.1) is 5.69 Å². The van der Waals surface area contributed by atoms with E-state index in [0.717, 1.165) is 18.4 Å². The van der Waals surface area contributed by atoms with Crippen LogP contribution >= 0.6 is 11.6 Å². The van der Waals surface area contributed by atoms with Gasteiger partial charge in [0.25, 0.3) is 5.78 Å². The van der Waals surface area contributed by atoms with E-state index in [0.29, 0.717) is 16.6 Å². The molecule has 1 aliphatic rings. The number of rotatable bonds is 1. The van der Waals surface area contributed by atoms with Gasteiger partial charge in [0.1, 0.15) is 0 Å². The lowest BCUT2D eigenvalue weighted by Gasteiger charge is -1.99. The van der Waals surface area contributed by atoms with Crippen molar-refractivity contribution in [2.24, 2.45) is 0 Å². The number of aryl methyl sites for hydroxylation is 2. The Labute approximate surface area is 115 Å². The van der Waals surface area contributed by atoms with Crippen LogP contribution in [0.4, 0.5) is 0 Å². The van der Waals surface area contributed by atoms with Crippen molar-refractivity contribution in [3.05, 3.63) is 46.7 Å². The highest BCUT2D eigenvalue weighted by molar-refractivity contribution is 6.30. The maximum absolute atomic E-state index is 5.90. The summed E-state index contributed by atoms with van der Waals surface area (Å²) in [6.07, 6.45) is 5.25. The van der Waals surface area contributed by atoms with E-state index in [1.165, 1.54) is 17.7 Å². The molecule has 19 heavy (non-hydrogen) atoms. The van der Waals surface area contributed by atoms with E-state index < -0.39 is 0 Å². The van der Waals surface area contributed by atoms with Gasteiger partial charge in [-0.25, -0.2) is 9.50 Å². The van der Waals surface area contributed by atoms with Crippen LogP contribution in [0.1, 0.15) is 17.7 Å². The number of aromatic nitrogens is 4. The molecule has 0 aliphatic heterocycles. The van der Waals surface area contributed by atoms with Crippen LogP contribution in [0.25, 0.3) is 17.2 Å². The van der Waals surface area contributed by atoms with Crippen LogP contribution in [0.15, 0.2) is 30.5 Å². The molecule has 0 fully saturated rings. The standard InChI is InChI=1S/C14H11ClN4/c15-11-6-4-9(5-7-11)13-17-14-16-8-10-2-1-3-12(10)19(14)18-13/h4-8H,1-3H2. The molecule has 4 nitrogen and oxygen atoms in total. The lowest BCUT2D eigenvalue weighted by molar-refractivity contribution is 0.838. The molecule has 0 saturated carbocycles. The Hall–Kier alpha value is -1.94. The second-order valence-corrected chi connectivity index (χ2v) is 5.17. The summed E-state index contributed by atoms with van der Waals surface area (Å²) in [5, 5.41) is 5.30. The summed E-state index contributed by atoms with van der Waals surface area (Å²) in [7, 11) is 0. The SMILES string of the molecule is Clc1ccc(-c2nc3ncc4c(n3n2)CCC4)cc1. The Bertz CT molecular complexity index is 761. The van der Waals surface area contributed by atoms with Crippen molar-refractivity contribution < 1.29 is 0 Å². The molecule has 1 aromatic carbocycles. The molecule has 2 aromatic heterocycles. The summed E-state index contributed by atoms with van der Waals surface area (Å²) in [5.41, 5.74) is 3.50. The number of fused-ring (bicyclic) bond motifs is 3. The third-order valence-electron chi connectivity index (χ3n) is 3.51. The van der Waals surface area contributed by atoms with E-state index in [-0.39, 0.29) is 0 Å². The fourth-order valence-electron chi connectivity index (χ4n) is 2.56. The molecule has 4 rings (SSSR count). The van der Waals surface area contributed by atoms with Crippen LogP contribution in [0.5, 0.6) is 0 Å². The van der Waals surface area contributed by atoms with Gasteiger partial charge in [-0.2, -0.15) is 4.98 Å². The number of hydrogen-bond acceptors (Lipinski definition) is 3. The normalized spacial score (nSPS) is 13.9. The van der Waals surface area contributed by atoms with E-state index in [9.17, 15) is 0 Å². The van der Waals surface area contributed by atoms with Gasteiger partial charge in [-0.3, -0.25) is 0 Å². The van der Waals surface area contributed by atoms with E-state index in [4.69, 9.17) is 11.6 Å². The maximum Gasteiger partial charge on any atom is 0.252 e. The molecule has 3 aromatic rings. The quantitative estimate of drug-likeness (QED) is 0.683. The minimum Gasteiger partial charge on any atom is -0.219 e. The molecule has 0 bridgehead atoms. The minimum absolute atomic E-state index is 0.672. The monoisotopic (exact) mass is 270 g/mol. The van der Waals surface area contributed by atoms with Gasteiger partial charge in [-0.05, 0) is 49.1 Å². The molecule has 0 radical (unpaired) electrons. The first-order valence-electron chi connectivity index (χ1n) is 6.31. The minimum atomic E-state index is 0.672. The van der Waals surface area contributed by atoms with Gasteiger partial charge in [-0.1, -0.05) is 11.6 Å². The fraction of sp³-hybridized carbons (Fsp3) is 0.214. The molecule has 0 saturated heterocycles. The van der Waals surface area contributed by atoms with Crippen molar-refractivity contribution in [2.75, 3.05) is 0 Å². The third kappa shape index (κ3) is 1.71. The predicted octanol–water partition coefficient (Wildman–Crippen LogP) is 2.93. The van der Waals surface area contributed by atoms with Gasteiger partial charge < -0.3 is 0 Å². The zero-order chi connectivity index (χ0) is 12.8. The van der Waals surface area contributed by atoms with Crippen LogP contribution in [0, 0.1) is 0 Å². The Morgan fingerprint density at radius 3 is 2.79 bits per heavy atom. The molecular formula is C14H11ClN4. The van der Waals surface area contributed by atoms with Crippen LogP contribution in [-0.2, 0) is 12.8 Å². The third-order valence-corrected chi connectivity index (χ3v) is 3.77. The van der Waals surface area contributed by atoms with E-state index in [1.54, 1.807) is 0 Å². The Balaban J connectivity index is 1.90. The Morgan fingerprint density at radius 1 is 1.11 bits per heavy atom. The molecule has 2 heterocycles. The van der Waals surface area contributed by atoms with Gasteiger partial charge >= 0.3 is 0 Å². The van der Waals surface area contributed by atoms with Crippen molar-refractivity contribution >= 4 is 17.4 Å². The first-order valence-corrected chi connectivity index (χ1v) is 6.68. The van der Waals surface area contributed by atoms with Crippen molar-refractivity contribution in [1.29, 1.82) is 0 Å². The van der Waals surface area contributed by atoms with E-state index in [1.807, 2.05) is 35.0 Å². The molecule has 0 unspecified atom stereocenters. The molecule has 0 amide bonds. The predicted molar refractivity (Wildman–Crippen MR) is 73.3 cm³/mol.